The van der Waals surface area contributed by atoms with Crippen LogP contribution >= 0.6 is 0 Å². The first-order valence-electron chi connectivity index (χ1n) is 8.31. The van der Waals surface area contributed by atoms with Crippen molar-refractivity contribution in [1.82, 2.24) is 4.90 Å². The third-order valence-electron chi connectivity index (χ3n) is 4.60. The van der Waals surface area contributed by atoms with Crippen LogP contribution in [0.2, 0.25) is 0 Å². The van der Waals surface area contributed by atoms with Gasteiger partial charge in [-0.2, -0.15) is 0 Å². The van der Waals surface area contributed by atoms with Crippen LogP contribution in [-0.4, -0.2) is 17.5 Å². The van der Waals surface area contributed by atoms with E-state index in [1.807, 2.05) is 6.07 Å². The molecule has 1 fully saturated rings. The van der Waals surface area contributed by atoms with E-state index in [1.165, 1.54) is 37.7 Å². The van der Waals surface area contributed by atoms with E-state index in [0.29, 0.717) is 12.6 Å². The number of nitrogens with zero attached hydrogens (tertiary/aromatic N) is 1. The van der Waals surface area contributed by atoms with Gasteiger partial charge in [0, 0.05) is 19.1 Å². The third-order valence-corrected chi connectivity index (χ3v) is 4.60. The van der Waals surface area contributed by atoms with Crippen molar-refractivity contribution in [3.63, 3.8) is 0 Å². The smallest absolute Gasteiger partial charge is 0.123 e. The maximum absolute atomic E-state index is 13.4. The van der Waals surface area contributed by atoms with Crippen LogP contribution in [0.15, 0.2) is 18.2 Å². The second-order valence-electron chi connectivity index (χ2n) is 6.71. The monoisotopic (exact) mass is 292 g/mol. The van der Waals surface area contributed by atoms with E-state index in [0.717, 1.165) is 24.6 Å². The standard InChI is InChI=1S/C18H29FN2/c1-14(2)9-10-21(18-5-3-4-6-18)13-15-7-8-17(19)11-16(15)12-20/h7-8,11,14,18H,3-6,9-10,12-13,20H2,1-2H3. The van der Waals surface area contributed by atoms with Gasteiger partial charge in [-0.25, -0.2) is 4.39 Å². The number of halogens is 1. The van der Waals surface area contributed by atoms with Crippen LogP contribution in [0.4, 0.5) is 4.39 Å². The Bertz CT molecular complexity index is 439. The van der Waals surface area contributed by atoms with Crippen molar-refractivity contribution in [3.05, 3.63) is 35.1 Å². The second kappa shape index (κ2) is 7.90. The van der Waals surface area contributed by atoms with E-state index >= 15 is 0 Å². The molecule has 0 amide bonds. The molecule has 1 aliphatic rings. The van der Waals surface area contributed by atoms with Crippen molar-refractivity contribution in [3.8, 4) is 0 Å². The summed E-state index contributed by atoms with van der Waals surface area (Å²) in [6.45, 7) is 7.00. The Kier molecular flexibility index (Phi) is 6.19. The average Bonchev–Trinajstić information content (AvgIpc) is 2.98. The van der Waals surface area contributed by atoms with Gasteiger partial charge in [0.1, 0.15) is 5.82 Å². The molecule has 0 aliphatic heterocycles. The van der Waals surface area contributed by atoms with Gasteiger partial charge in [-0.3, -0.25) is 4.90 Å². The molecule has 0 aromatic heterocycles. The van der Waals surface area contributed by atoms with E-state index in [2.05, 4.69) is 18.7 Å². The van der Waals surface area contributed by atoms with Crippen LogP contribution < -0.4 is 5.73 Å². The van der Waals surface area contributed by atoms with Gasteiger partial charge in [-0.15, -0.1) is 0 Å². The lowest BCUT2D eigenvalue weighted by atomic mass is 10.0. The van der Waals surface area contributed by atoms with Gasteiger partial charge < -0.3 is 5.73 Å². The molecule has 1 aromatic carbocycles. The molecule has 0 spiro atoms. The molecule has 0 unspecified atom stereocenters. The highest BCUT2D eigenvalue weighted by atomic mass is 19.1. The van der Waals surface area contributed by atoms with Crippen LogP contribution in [0.5, 0.6) is 0 Å². The summed E-state index contributed by atoms with van der Waals surface area (Å²) in [6.07, 6.45) is 6.51. The minimum atomic E-state index is -0.186. The maximum atomic E-state index is 13.4. The Labute approximate surface area is 128 Å². The molecule has 1 aliphatic carbocycles. The van der Waals surface area contributed by atoms with Crippen molar-refractivity contribution < 1.29 is 4.39 Å². The topological polar surface area (TPSA) is 29.3 Å². The molecule has 3 heteroatoms. The zero-order chi connectivity index (χ0) is 15.2. The predicted octanol–water partition coefficient (Wildman–Crippen LogP) is 4.08. The molecule has 0 bridgehead atoms. The van der Waals surface area contributed by atoms with Crippen molar-refractivity contribution in [2.24, 2.45) is 11.7 Å². The molecular formula is C18H29FN2. The van der Waals surface area contributed by atoms with Gasteiger partial charge >= 0.3 is 0 Å². The van der Waals surface area contributed by atoms with Crippen LogP contribution in [0.3, 0.4) is 0 Å². The summed E-state index contributed by atoms with van der Waals surface area (Å²) in [5.41, 5.74) is 7.92. The van der Waals surface area contributed by atoms with E-state index < -0.39 is 0 Å². The summed E-state index contributed by atoms with van der Waals surface area (Å²) >= 11 is 0. The second-order valence-corrected chi connectivity index (χ2v) is 6.71. The third kappa shape index (κ3) is 4.79. The molecule has 21 heavy (non-hydrogen) atoms. The molecule has 118 valence electrons. The van der Waals surface area contributed by atoms with Gasteiger partial charge in [0.2, 0.25) is 0 Å². The fourth-order valence-corrected chi connectivity index (χ4v) is 3.24. The SMILES string of the molecule is CC(C)CCN(Cc1ccc(F)cc1CN)C1CCCC1. The lowest BCUT2D eigenvalue weighted by Gasteiger charge is -2.30. The first-order chi connectivity index (χ1) is 10.1. The molecular weight excluding hydrogens is 263 g/mol. The van der Waals surface area contributed by atoms with E-state index in [-0.39, 0.29) is 5.82 Å². The number of rotatable bonds is 7. The lowest BCUT2D eigenvalue weighted by molar-refractivity contribution is 0.179. The van der Waals surface area contributed by atoms with Gasteiger partial charge in [0.05, 0.1) is 0 Å². The first kappa shape index (κ1) is 16.4. The summed E-state index contributed by atoms with van der Waals surface area (Å²) < 4.78 is 13.4. The highest BCUT2D eigenvalue weighted by molar-refractivity contribution is 5.27. The zero-order valence-corrected chi connectivity index (χ0v) is 13.4. The lowest BCUT2D eigenvalue weighted by Crippen LogP contribution is -2.34. The number of nitrogens with two attached hydrogens (primary N) is 1. The van der Waals surface area contributed by atoms with Gasteiger partial charge in [-0.05, 0) is 55.0 Å². The van der Waals surface area contributed by atoms with Crippen LogP contribution in [0, 0.1) is 11.7 Å². The fraction of sp³-hybridized carbons (Fsp3) is 0.667. The van der Waals surface area contributed by atoms with E-state index in [9.17, 15) is 4.39 Å². The Morgan fingerprint density at radius 1 is 1.24 bits per heavy atom. The van der Waals surface area contributed by atoms with Gasteiger partial charge in [0.25, 0.3) is 0 Å². The predicted molar refractivity (Wildman–Crippen MR) is 86.4 cm³/mol. The number of hydrogen-bond acceptors (Lipinski definition) is 2. The maximum Gasteiger partial charge on any atom is 0.123 e. The molecule has 1 aromatic rings. The summed E-state index contributed by atoms with van der Waals surface area (Å²) in [5.74, 6) is 0.532. The molecule has 2 rings (SSSR count). The van der Waals surface area contributed by atoms with Crippen molar-refractivity contribution in [2.45, 2.75) is 65.1 Å². The quantitative estimate of drug-likeness (QED) is 0.820. The summed E-state index contributed by atoms with van der Waals surface area (Å²) in [6, 6.07) is 5.75. The van der Waals surface area contributed by atoms with Crippen molar-refractivity contribution in [2.75, 3.05) is 6.54 Å². The van der Waals surface area contributed by atoms with Crippen LogP contribution in [-0.2, 0) is 13.1 Å². The molecule has 0 atom stereocenters. The summed E-state index contributed by atoms with van der Waals surface area (Å²) in [5, 5.41) is 0. The van der Waals surface area contributed by atoms with Gasteiger partial charge in [-0.1, -0.05) is 32.8 Å². The van der Waals surface area contributed by atoms with Crippen LogP contribution in [0.25, 0.3) is 0 Å². The average molecular weight is 292 g/mol. The van der Waals surface area contributed by atoms with E-state index in [1.54, 1.807) is 12.1 Å². The molecule has 0 heterocycles. The Balaban J connectivity index is 2.09. The largest absolute Gasteiger partial charge is 0.326 e. The van der Waals surface area contributed by atoms with Crippen molar-refractivity contribution in [1.29, 1.82) is 0 Å². The highest BCUT2D eigenvalue weighted by Crippen LogP contribution is 2.26. The Morgan fingerprint density at radius 3 is 2.57 bits per heavy atom. The minimum absolute atomic E-state index is 0.186. The number of benzene rings is 1. The molecule has 2 nitrogen and oxygen atoms in total. The van der Waals surface area contributed by atoms with Crippen molar-refractivity contribution >= 4 is 0 Å². The first-order valence-corrected chi connectivity index (χ1v) is 8.31. The summed E-state index contributed by atoms with van der Waals surface area (Å²) in [7, 11) is 0. The highest BCUT2D eigenvalue weighted by Gasteiger charge is 2.23. The van der Waals surface area contributed by atoms with Gasteiger partial charge in [0.15, 0.2) is 0 Å². The molecule has 2 N–H and O–H groups in total. The zero-order valence-electron chi connectivity index (χ0n) is 13.4. The normalized spacial score (nSPS) is 16.3. The minimum Gasteiger partial charge on any atom is -0.326 e. The Morgan fingerprint density at radius 2 is 1.95 bits per heavy atom. The fourth-order valence-electron chi connectivity index (χ4n) is 3.24. The number of hydrogen-bond donors (Lipinski definition) is 1. The summed E-state index contributed by atoms with van der Waals surface area (Å²) in [4.78, 5) is 2.60. The molecule has 1 saturated carbocycles. The molecule has 0 radical (unpaired) electrons. The Hall–Kier alpha value is -0.930. The van der Waals surface area contributed by atoms with E-state index in [4.69, 9.17) is 5.73 Å². The molecule has 0 saturated heterocycles. The van der Waals surface area contributed by atoms with Crippen LogP contribution in [0.1, 0.15) is 57.1 Å².